The maximum absolute atomic E-state index is 11.9. The first-order chi connectivity index (χ1) is 8.90. The zero-order valence-corrected chi connectivity index (χ0v) is 11.0. The van der Waals surface area contributed by atoms with Gasteiger partial charge in [-0.2, -0.15) is 0 Å². The molecule has 0 bridgehead atoms. The van der Waals surface area contributed by atoms with Crippen LogP contribution < -0.4 is 4.72 Å². The van der Waals surface area contributed by atoms with Crippen molar-refractivity contribution in [2.45, 2.75) is 10.9 Å². The van der Waals surface area contributed by atoms with Gasteiger partial charge < -0.3 is 9.84 Å². The van der Waals surface area contributed by atoms with E-state index in [1.807, 2.05) is 0 Å². The van der Waals surface area contributed by atoms with Crippen LogP contribution in [0.25, 0.3) is 0 Å². The Morgan fingerprint density at radius 2 is 2.00 bits per heavy atom. The van der Waals surface area contributed by atoms with Crippen molar-refractivity contribution < 1.29 is 23.2 Å². The molecule has 8 nitrogen and oxygen atoms in total. The third-order valence-electron chi connectivity index (χ3n) is 2.27. The summed E-state index contributed by atoms with van der Waals surface area (Å²) in [6.07, 6.45) is 0. The lowest BCUT2D eigenvalue weighted by Gasteiger charge is -2.15. The normalized spacial score (nSPS) is 13.2. The number of benzene rings is 1. The summed E-state index contributed by atoms with van der Waals surface area (Å²) in [7, 11) is -2.47. The van der Waals surface area contributed by atoms with Crippen molar-refractivity contribution in [3.63, 3.8) is 0 Å². The molecule has 0 saturated carbocycles. The van der Waals surface area contributed by atoms with Gasteiger partial charge in [-0.15, -0.1) is 0 Å². The van der Waals surface area contributed by atoms with Gasteiger partial charge in [0, 0.05) is 19.2 Å². The second kappa shape index (κ2) is 6.57. The molecule has 2 N–H and O–H groups in total. The third-order valence-corrected chi connectivity index (χ3v) is 3.80. The lowest BCUT2D eigenvalue weighted by atomic mass is 10.3. The summed E-state index contributed by atoms with van der Waals surface area (Å²) in [5.41, 5.74) is -0.199. The Hall–Kier alpha value is -1.55. The van der Waals surface area contributed by atoms with Gasteiger partial charge in [-0.05, 0) is 12.1 Å². The molecule has 0 spiro atoms. The number of nitro benzene ring substituents is 1. The highest BCUT2D eigenvalue weighted by Gasteiger charge is 2.20. The Morgan fingerprint density at radius 1 is 1.42 bits per heavy atom. The molecule has 1 aromatic carbocycles. The van der Waals surface area contributed by atoms with Crippen LogP contribution >= 0.6 is 0 Å². The van der Waals surface area contributed by atoms with Crippen molar-refractivity contribution >= 4 is 15.7 Å². The molecule has 106 valence electrons. The average molecular weight is 290 g/mol. The standard InChI is InChI=1S/C10H14N2O6S/c1-18-7-8(6-13)11-19(16,17)10-4-2-9(3-5-10)12(14)15/h2-5,8,11,13H,6-7H2,1H3. The fourth-order valence-electron chi connectivity index (χ4n) is 1.36. The van der Waals surface area contributed by atoms with Crippen LogP contribution in [0.3, 0.4) is 0 Å². The van der Waals surface area contributed by atoms with E-state index >= 15 is 0 Å². The molecule has 1 aromatic rings. The number of methoxy groups -OCH3 is 1. The SMILES string of the molecule is COCC(CO)NS(=O)(=O)c1ccc([N+](=O)[O-])cc1. The van der Waals surface area contributed by atoms with Crippen LogP contribution in [-0.4, -0.2) is 44.8 Å². The van der Waals surface area contributed by atoms with Crippen LogP contribution in [0.4, 0.5) is 5.69 Å². The Labute approximate surface area is 110 Å². The number of nitro groups is 1. The number of nitrogens with zero attached hydrogens (tertiary/aromatic N) is 1. The first-order valence-corrected chi connectivity index (χ1v) is 6.75. The van der Waals surface area contributed by atoms with Crippen LogP contribution in [0, 0.1) is 10.1 Å². The summed E-state index contributed by atoms with van der Waals surface area (Å²) in [6, 6.07) is 3.67. The van der Waals surface area contributed by atoms with Crippen molar-refractivity contribution in [3.8, 4) is 0 Å². The van der Waals surface area contributed by atoms with Crippen molar-refractivity contribution in [3.05, 3.63) is 34.4 Å². The van der Waals surface area contributed by atoms with Crippen LogP contribution in [-0.2, 0) is 14.8 Å². The highest BCUT2D eigenvalue weighted by Crippen LogP contribution is 2.15. The molecule has 0 heterocycles. The average Bonchev–Trinajstić information content (AvgIpc) is 2.38. The van der Waals surface area contributed by atoms with Gasteiger partial charge in [0.15, 0.2) is 0 Å². The number of aliphatic hydroxyl groups is 1. The number of sulfonamides is 1. The summed E-state index contributed by atoms with van der Waals surface area (Å²) in [4.78, 5) is 9.72. The molecule has 0 aliphatic heterocycles. The smallest absolute Gasteiger partial charge is 0.269 e. The first-order valence-electron chi connectivity index (χ1n) is 5.27. The second-order valence-corrected chi connectivity index (χ2v) is 5.42. The molecule has 1 atom stereocenters. The van der Waals surface area contributed by atoms with Gasteiger partial charge in [0.1, 0.15) is 0 Å². The van der Waals surface area contributed by atoms with Gasteiger partial charge in [-0.1, -0.05) is 0 Å². The maximum Gasteiger partial charge on any atom is 0.269 e. The number of rotatable bonds is 7. The van der Waals surface area contributed by atoms with Crippen LogP contribution in [0.5, 0.6) is 0 Å². The molecule has 0 saturated heterocycles. The van der Waals surface area contributed by atoms with E-state index in [-0.39, 0.29) is 17.2 Å². The number of non-ortho nitro benzene ring substituents is 1. The minimum Gasteiger partial charge on any atom is -0.395 e. The second-order valence-electron chi connectivity index (χ2n) is 3.71. The molecule has 1 unspecified atom stereocenters. The van der Waals surface area contributed by atoms with Gasteiger partial charge in [-0.25, -0.2) is 13.1 Å². The maximum atomic E-state index is 11.9. The number of hydrogen-bond donors (Lipinski definition) is 2. The highest BCUT2D eigenvalue weighted by atomic mass is 32.2. The Balaban J connectivity index is 2.90. The molecule has 0 aliphatic carbocycles. The fraction of sp³-hybridized carbons (Fsp3) is 0.400. The molecule has 19 heavy (non-hydrogen) atoms. The molecule has 0 radical (unpaired) electrons. The van der Waals surface area contributed by atoms with Gasteiger partial charge in [0.05, 0.1) is 29.1 Å². The molecule has 1 rings (SSSR count). The predicted molar refractivity (Wildman–Crippen MR) is 66.2 cm³/mol. The van der Waals surface area contributed by atoms with E-state index in [1.165, 1.54) is 7.11 Å². The van der Waals surface area contributed by atoms with E-state index in [9.17, 15) is 18.5 Å². The van der Waals surface area contributed by atoms with E-state index in [0.717, 1.165) is 24.3 Å². The monoisotopic (exact) mass is 290 g/mol. The van der Waals surface area contributed by atoms with Gasteiger partial charge in [0.2, 0.25) is 10.0 Å². The molecular weight excluding hydrogens is 276 g/mol. The number of hydrogen-bond acceptors (Lipinski definition) is 6. The van der Waals surface area contributed by atoms with Gasteiger partial charge in [0.25, 0.3) is 5.69 Å². The summed E-state index contributed by atoms with van der Waals surface area (Å²) >= 11 is 0. The fourth-order valence-corrected chi connectivity index (χ4v) is 2.57. The Kier molecular flexibility index (Phi) is 5.36. The lowest BCUT2D eigenvalue weighted by molar-refractivity contribution is -0.384. The number of ether oxygens (including phenoxy) is 1. The van der Waals surface area contributed by atoms with Gasteiger partial charge in [-0.3, -0.25) is 10.1 Å². The molecule has 0 aromatic heterocycles. The summed E-state index contributed by atoms with van der Waals surface area (Å²) in [6.45, 7) is -0.400. The van der Waals surface area contributed by atoms with Crippen molar-refractivity contribution in [2.24, 2.45) is 0 Å². The highest BCUT2D eigenvalue weighted by molar-refractivity contribution is 7.89. The van der Waals surface area contributed by atoms with E-state index in [2.05, 4.69) is 4.72 Å². The summed E-state index contributed by atoms with van der Waals surface area (Å²) in [5, 5.41) is 19.5. The lowest BCUT2D eigenvalue weighted by Crippen LogP contribution is -2.40. The summed E-state index contributed by atoms with van der Waals surface area (Å²) in [5.74, 6) is 0. The topological polar surface area (TPSA) is 119 Å². The molecule has 0 fully saturated rings. The summed E-state index contributed by atoms with van der Waals surface area (Å²) < 4.78 is 30.8. The zero-order chi connectivity index (χ0) is 14.5. The van der Waals surface area contributed by atoms with E-state index in [0.29, 0.717) is 0 Å². The molecule has 0 aliphatic rings. The number of aliphatic hydroxyl groups excluding tert-OH is 1. The largest absolute Gasteiger partial charge is 0.395 e. The quantitative estimate of drug-likeness (QED) is 0.534. The van der Waals surface area contributed by atoms with Crippen molar-refractivity contribution in [1.29, 1.82) is 0 Å². The van der Waals surface area contributed by atoms with E-state index in [1.54, 1.807) is 0 Å². The minimum absolute atomic E-state index is 0.0166. The zero-order valence-electron chi connectivity index (χ0n) is 10.1. The van der Waals surface area contributed by atoms with Crippen LogP contribution in [0.15, 0.2) is 29.2 Å². The minimum atomic E-state index is -3.85. The van der Waals surface area contributed by atoms with Crippen molar-refractivity contribution in [1.82, 2.24) is 4.72 Å². The van der Waals surface area contributed by atoms with Crippen molar-refractivity contribution in [2.75, 3.05) is 20.3 Å². The van der Waals surface area contributed by atoms with Gasteiger partial charge >= 0.3 is 0 Å². The Bertz CT molecular complexity index is 527. The predicted octanol–water partition coefficient (Wildman–Crippen LogP) is -0.120. The van der Waals surface area contributed by atoms with E-state index < -0.39 is 27.6 Å². The molecule has 9 heteroatoms. The van der Waals surface area contributed by atoms with Crippen LogP contribution in [0.1, 0.15) is 0 Å². The Morgan fingerprint density at radius 3 is 2.42 bits per heavy atom. The van der Waals surface area contributed by atoms with E-state index in [4.69, 9.17) is 9.84 Å². The third kappa shape index (κ3) is 4.24. The van der Waals surface area contributed by atoms with Crippen LogP contribution in [0.2, 0.25) is 0 Å². The first kappa shape index (κ1) is 15.5. The molecular formula is C10H14N2O6S. The molecule has 0 amide bonds. The number of nitrogens with one attached hydrogen (secondary N) is 1.